The molecule has 30 heavy (non-hydrogen) atoms. The fraction of sp³-hybridized carbons (Fsp3) is 0. The van der Waals surface area contributed by atoms with Crippen molar-refractivity contribution < 1.29 is 30.0 Å². The largest absolute Gasteiger partial charge is 0.508 e. The van der Waals surface area contributed by atoms with E-state index in [4.69, 9.17) is 21.1 Å². The molecule has 3 aromatic rings. The number of hydrogen-bond acceptors (Lipinski definition) is 8. The van der Waals surface area contributed by atoms with Crippen molar-refractivity contribution in [1.29, 1.82) is 0 Å². The van der Waals surface area contributed by atoms with Crippen molar-refractivity contribution in [3.8, 4) is 11.5 Å². The van der Waals surface area contributed by atoms with Gasteiger partial charge in [-0.15, -0.1) is 0 Å². The third kappa shape index (κ3) is 8.35. The fourth-order valence-electron chi connectivity index (χ4n) is 1.77. The van der Waals surface area contributed by atoms with Crippen molar-refractivity contribution in [1.82, 2.24) is 0 Å². The number of phenols is 2. The van der Waals surface area contributed by atoms with Gasteiger partial charge in [-0.2, -0.15) is 0 Å². The minimum Gasteiger partial charge on any atom is -0.508 e. The number of nitrogens with two attached hydrogens (primary N) is 1. The second kappa shape index (κ2) is 11.2. The van der Waals surface area contributed by atoms with Gasteiger partial charge in [0, 0.05) is 30.0 Å². The molecule has 156 valence electrons. The van der Waals surface area contributed by atoms with Crippen molar-refractivity contribution in [2.24, 2.45) is 0 Å². The van der Waals surface area contributed by atoms with E-state index in [2.05, 4.69) is 0 Å². The van der Waals surface area contributed by atoms with Gasteiger partial charge in [-0.3, -0.25) is 20.2 Å². The first-order valence-electron chi connectivity index (χ1n) is 8.06. The second-order valence-corrected chi connectivity index (χ2v) is 5.47. The van der Waals surface area contributed by atoms with Gasteiger partial charge in [0.25, 0.3) is 11.4 Å². The number of carboxylic acids is 1. The Balaban J connectivity index is 0.000000230. The zero-order valence-electron chi connectivity index (χ0n) is 15.3. The molecule has 0 amide bonds. The molecular formula is C19H17N3O8. The van der Waals surface area contributed by atoms with E-state index in [1.165, 1.54) is 36.4 Å². The Morgan fingerprint density at radius 3 is 1.33 bits per heavy atom. The predicted molar refractivity (Wildman–Crippen MR) is 107 cm³/mol. The Labute approximate surface area is 169 Å². The average Bonchev–Trinajstić information content (AvgIpc) is 2.71. The van der Waals surface area contributed by atoms with Gasteiger partial charge in [0.15, 0.2) is 0 Å². The van der Waals surface area contributed by atoms with Gasteiger partial charge in [-0.1, -0.05) is 0 Å². The average molecular weight is 415 g/mol. The number of carboxylic acid groups (broad SMARTS) is 1. The summed E-state index contributed by atoms with van der Waals surface area (Å²) in [5.74, 6) is -0.810. The lowest BCUT2D eigenvalue weighted by Crippen LogP contribution is -1.96. The minimum absolute atomic E-state index is 0.0159. The van der Waals surface area contributed by atoms with Crippen LogP contribution in [0.2, 0.25) is 0 Å². The standard InChI is InChI=1S/C7H5NO4.C6H5NO3.C6H7NO/c9-7(10)5-1-3-6(4-2-5)8(11)12;8-6-3-1-5(2-4-6)7(9)10;7-5-1-3-6(8)4-2-5/h1-4H,(H,9,10);1-4,8H;1-4,8H,7H2. The number of benzene rings is 3. The molecule has 0 bridgehead atoms. The first-order chi connectivity index (χ1) is 14.1. The van der Waals surface area contributed by atoms with Crippen LogP contribution in [0.15, 0.2) is 72.8 Å². The summed E-state index contributed by atoms with van der Waals surface area (Å²) in [6.45, 7) is 0. The number of rotatable bonds is 3. The first-order valence-corrected chi connectivity index (χ1v) is 8.06. The molecule has 3 rings (SSSR count). The van der Waals surface area contributed by atoms with Crippen LogP contribution in [-0.2, 0) is 0 Å². The van der Waals surface area contributed by atoms with Crippen LogP contribution in [0.25, 0.3) is 0 Å². The molecule has 3 aromatic carbocycles. The quantitative estimate of drug-likeness (QED) is 0.214. The molecule has 0 fully saturated rings. The predicted octanol–water partition coefficient (Wildman–Crippen LogP) is 3.57. The molecule has 0 aromatic heterocycles. The number of nitro groups is 2. The third-order valence-corrected chi connectivity index (χ3v) is 3.28. The summed E-state index contributed by atoms with van der Waals surface area (Å²) >= 11 is 0. The summed E-state index contributed by atoms with van der Waals surface area (Å²) in [6.07, 6.45) is 0. The maximum atomic E-state index is 10.3. The summed E-state index contributed by atoms with van der Waals surface area (Å²) in [4.78, 5) is 29.4. The maximum absolute atomic E-state index is 10.3. The molecule has 0 atom stereocenters. The van der Waals surface area contributed by atoms with Gasteiger partial charge < -0.3 is 21.1 Å². The van der Waals surface area contributed by atoms with E-state index >= 15 is 0 Å². The molecule has 0 aliphatic carbocycles. The smallest absolute Gasteiger partial charge is 0.335 e. The number of hydrogen-bond donors (Lipinski definition) is 4. The Kier molecular flexibility index (Phi) is 8.75. The van der Waals surface area contributed by atoms with Crippen LogP contribution >= 0.6 is 0 Å². The lowest BCUT2D eigenvalue weighted by atomic mass is 10.2. The van der Waals surface area contributed by atoms with Crippen LogP contribution in [0.4, 0.5) is 17.1 Å². The Morgan fingerprint density at radius 1 is 0.700 bits per heavy atom. The minimum atomic E-state index is -1.09. The molecule has 5 N–H and O–H groups in total. The molecule has 11 heteroatoms. The molecule has 0 radical (unpaired) electrons. The van der Waals surface area contributed by atoms with Crippen LogP contribution < -0.4 is 5.73 Å². The van der Waals surface area contributed by atoms with Crippen LogP contribution in [0.3, 0.4) is 0 Å². The third-order valence-electron chi connectivity index (χ3n) is 3.28. The second-order valence-electron chi connectivity index (χ2n) is 5.47. The topological polar surface area (TPSA) is 190 Å². The number of aromatic hydroxyl groups is 2. The summed E-state index contributed by atoms with van der Waals surface area (Å²) in [7, 11) is 0. The number of nitrogens with zero attached hydrogens (tertiary/aromatic N) is 2. The van der Waals surface area contributed by atoms with Crippen LogP contribution in [0, 0.1) is 20.2 Å². The van der Waals surface area contributed by atoms with Crippen molar-refractivity contribution in [2.75, 3.05) is 5.73 Å². The molecule has 0 unspecified atom stereocenters. The highest BCUT2D eigenvalue weighted by Gasteiger charge is 2.06. The van der Waals surface area contributed by atoms with Crippen molar-refractivity contribution in [3.63, 3.8) is 0 Å². The summed E-state index contributed by atoms with van der Waals surface area (Å²) in [6, 6.07) is 16.1. The normalized spacial score (nSPS) is 9.20. The fourth-order valence-corrected chi connectivity index (χ4v) is 1.77. The van der Waals surface area contributed by atoms with Crippen LogP contribution in [-0.4, -0.2) is 31.1 Å². The zero-order chi connectivity index (χ0) is 22.7. The lowest BCUT2D eigenvalue weighted by Gasteiger charge is -1.92. The number of aromatic carboxylic acids is 1. The maximum Gasteiger partial charge on any atom is 0.335 e. The highest BCUT2D eigenvalue weighted by molar-refractivity contribution is 5.87. The van der Waals surface area contributed by atoms with Crippen molar-refractivity contribution in [3.05, 3.63) is 98.6 Å². The SMILES string of the molecule is Nc1ccc(O)cc1.O=C(O)c1ccc([N+](=O)[O-])cc1.O=[N+]([O-])c1ccc(O)cc1. The number of nitro benzene ring substituents is 2. The van der Waals surface area contributed by atoms with E-state index in [-0.39, 0.29) is 28.4 Å². The van der Waals surface area contributed by atoms with E-state index in [1.807, 2.05) is 0 Å². The number of anilines is 1. The first kappa shape index (κ1) is 23.4. The van der Waals surface area contributed by atoms with Gasteiger partial charge in [0.05, 0.1) is 15.4 Å². The van der Waals surface area contributed by atoms with Crippen LogP contribution in [0.1, 0.15) is 10.4 Å². The van der Waals surface area contributed by atoms with E-state index in [9.17, 15) is 25.0 Å². The van der Waals surface area contributed by atoms with Crippen molar-refractivity contribution in [2.45, 2.75) is 0 Å². The Bertz CT molecular complexity index is 934. The van der Waals surface area contributed by atoms with E-state index in [0.717, 1.165) is 12.1 Å². The highest BCUT2D eigenvalue weighted by atomic mass is 16.6. The van der Waals surface area contributed by atoms with Crippen molar-refractivity contribution >= 4 is 23.0 Å². The molecule has 11 nitrogen and oxygen atoms in total. The lowest BCUT2D eigenvalue weighted by molar-refractivity contribution is -0.385. The van der Waals surface area contributed by atoms with Gasteiger partial charge in [-0.05, 0) is 48.5 Å². The molecule has 0 aliphatic heterocycles. The van der Waals surface area contributed by atoms with E-state index in [0.29, 0.717) is 5.69 Å². The van der Waals surface area contributed by atoms with Gasteiger partial charge >= 0.3 is 5.97 Å². The molecule has 0 saturated heterocycles. The molecular weight excluding hydrogens is 398 g/mol. The molecule has 0 spiro atoms. The van der Waals surface area contributed by atoms with E-state index in [1.54, 1.807) is 24.3 Å². The van der Waals surface area contributed by atoms with E-state index < -0.39 is 15.8 Å². The highest BCUT2D eigenvalue weighted by Crippen LogP contribution is 2.15. The van der Waals surface area contributed by atoms with Gasteiger partial charge in [-0.25, -0.2) is 4.79 Å². The molecule has 0 saturated carbocycles. The molecule has 0 heterocycles. The Morgan fingerprint density at radius 2 is 1.03 bits per heavy atom. The van der Waals surface area contributed by atoms with Crippen LogP contribution in [0.5, 0.6) is 11.5 Å². The summed E-state index contributed by atoms with van der Waals surface area (Å²) in [5, 5.41) is 46.0. The number of non-ortho nitro benzene ring substituents is 2. The van der Waals surface area contributed by atoms with Gasteiger partial charge in [0.2, 0.25) is 0 Å². The summed E-state index contributed by atoms with van der Waals surface area (Å²) in [5.41, 5.74) is 5.90. The number of phenolic OH excluding ortho intramolecular Hbond substituents is 2. The number of nitrogen functional groups attached to an aromatic ring is 1. The zero-order valence-corrected chi connectivity index (χ0v) is 15.3. The molecule has 0 aliphatic rings. The van der Waals surface area contributed by atoms with Gasteiger partial charge in [0.1, 0.15) is 11.5 Å². The Hall–Kier alpha value is -4.67. The number of carbonyl (C=O) groups is 1. The summed E-state index contributed by atoms with van der Waals surface area (Å²) < 4.78 is 0. The monoisotopic (exact) mass is 415 g/mol.